The summed E-state index contributed by atoms with van der Waals surface area (Å²) in [6.45, 7) is 0.551. The molecule has 0 aliphatic heterocycles. The summed E-state index contributed by atoms with van der Waals surface area (Å²) in [5.74, 6) is 2.34. The van der Waals surface area contributed by atoms with Crippen LogP contribution in [0.2, 0.25) is 0 Å². The number of hydrogen-bond acceptors (Lipinski definition) is 4. The van der Waals surface area contributed by atoms with Gasteiger partial charge in [0.25, 0.3) is 0 Å². The highest BCUT2D eigenvalue weighted by atomic mass is 32.1. The summed E-state index contributed by atoms with van der Waals surface area (Å²) in [4.78, 5) is 5.50. The summed E-state index contributed by atoms with van der Waals surface area (Å²) < 4.78 is 7.52. The topological polar surface area (TPSA) is 51.2 Å². The monoisotopic (exact) mass is 260 g/mol. The van der Waals surface area contributed by atoms with E-state index in [0.717, 1.165) is 16.5 Å². The fourth-order valence-corrected chi connectivity index (χ4v) is 2.56. The molecule has 0 aliphatic carbocycles. The number of aromatic nitrogens is 2. The van der Waals surface area contributed by atoms with E-state index in [1.807, 2.05) is 34.3 Å². The second kappa shape index (κ2) is 4.80. The molecule has 3 aromatic rings. The maximum absolute atomic E-state index is 8.97. The van der Waals surface area contributed by atoms with E-state index in [0.29, 0.717) is 12.3 Å². The molecule has 0 atom stereocenters. The van der Waals surface area contributed by atoms with E-state index in [2.05, 4.69) is 4.98 Å². The summed E-state index contributed by atoms with van der Waals surface area (Å²) in [6.07, 6.45) is 3.71. The number of hydrogen-bond donors (Lipinski definition) is 1. The molecule has 0 spiro atoms. The fourth-order valence-electron chi connectivity index (χ4n) is 1.83. The van der Waals surface area contributed by atoms with Crippen LogP contribution >= 0.6 is 11.3 Å². The van der Waals surface area contributed by atoms with Crippen LogP contribution in [0.25, 0.3) is 10.7 Å². The quantitative estimate of drug-likeness (QED) is 0.784. The molecular weight excluding hydrogens is 248 g/mol. The molecule has 3 heterocycles. The van der Waals surface area contributed by atoms with Crippen LogP contribution in [0.5, 0.6) is 0 Å². The molecule has 18 heavy (non-hydrogen) atoms. The van der Waals surface area contributed by atoms with Gasteiger partial charge in [-0.05, 0) is 23.6 Å². The summed E-state index contributed by atoms with van der Waals surface area (Å²) >= 11 is 1.66. The zero-order valence-corrected chi connectivity index (χ0v) is 10.4. The molecule has 0 aromatic carbocycles. The third-order valence-electron chi connectivity index (χ3n) is 2.66. The van der Waals surface area contributed by atoms with Crippen molar-refractivity contribution in [1.82, 2.24) is 9.55 Å². The molecule has 0 aliphatic rings. The largest absolute Gasteiger partial charge is 0.462 e. The molecule has 4 nitrogen and oxygen atoms in total. The van der Waals surface area contributed by atoms with Crippen LogP contribution < -0.4 is 0 Å². The molecule has 0 saturated heterocycles. The van der Waals surface area contributed by atoms with Crippen LogP contribution in [-0.2, 0) is 13.2 Å². The van der Waals surface area contributed by atoms with Crippen LogP contribution in [0.4, 0.5) is 0 Å². The molecule has 0 amide bonds. The van der Waals surface area contributed by atoms with Crippen LogP contribution in [0.1, 0.15) is 11.5 Å². The van der Waals surface area contributed by atoms with Crippen molar-refractivity contribution < 1.29 is 9.52 Å². The molecule has 3 rings (SSSR count). The number of nitrogens with zero attached hydrogens (tertiary/aromatic N) is 2. The molecular formula is C13H12N2O2S. The van der Waals surface area contributed by atoms with E-state index in [4.69, 9.17) is 9.52 Å². The molecule has 0 saturated carbocycles. The Morgan fingerprint density at radius 1 is 1.28 bits per heavy atom. The van der Waals surface area contributed by atoms with Crippen molar-refractivity contribution in [3.05, 3.63) is 53.6 Å². The van der Waals surface area contributed by atoms with Gasteiger partial charge >= 0.3 is 0 Å². The maximum Gasteiger partial charge on any atom is 0.150 e. The van der Waals surface area contributed by atoms with Gasteiger partial charge in [0, 0.05) is 12.4 Å². The van der Waals surface area contributed by atoms with E-state index in [9.17, 15) is 0 Å². The smallest absolute Gasteiger partial charge is 0.150 e. The molecule has 5 heteroatoms. The minimum absolute atomic E-state index is 0.0677. The first kappa shape index (κ1) is 11.3. The number of furan rings is 1. The highest BCUT2D eigenvalue weighted by Gasteiger charge is 2.09. The molecule has 0 fully saturated rings. The fraction of sp³-hybridized carbons (Fsp3) is 0.154. The first-order valence-electron chi connectivity index (χ1n) is 5.60. The normalized spacial score (nSPS) is 10.9. The third kappa shape index (κ3) is 2.10. The zero-order chi connectivity index (χ0) is 12.4. The van der Waals surface area contributed by atoms with Crippen LogP contribution in [0.15, 0.2) is 46.5 Å². The van der Waals surface area contributed by atoms with Crippen molar-refractivity contribution in [3.8, 4) is 10.7 Å². The molecule has 0 radical (unpaired) electrons. The molecule has 0 unspecified atom stereocenters. The van der Waals surface area contributed by atoms with Crippen LogP contribution in [-0.4, -0.2) is 14.7 Å². The Labute approximate surface area is 108 Å². The SMILES string of the molecule is OCc1ccc(Cn2ccnc2-c2cccs2)o1. The van der Waals surface area contributed by atoms with Crippen molar-refractivity contribution >= 4 is 11.3 Å². The summed E-state index contributed by atoms with van der Waals surface area (Å²) in [5.41, 5.74) is 0. The number of thiophene rings is 1. The van der Waals surface area contributed by atoms with E-state index in [-0.39, 0.29) is 6.61 Å². The van der Waals surface area contributed by atoms with E-state index < -0.39 is 0 Å². The summed E-state index contributed by atoms with van der Waals surface area (Å²) in [7, 11) is 0. The van der Waals surface area contributed by atoms with Gasteiger partial charge in [-0.15, -0.1) is 11.3 Å². The first-order chi connectivity index (χ1) is 8.86. The predicted octanol–water partition coefficient (Wildman–Crippen LogP) is 2.75. The Morgan fingerprint density at radius 3 is 2.89 bits per heavy atom. The van der Waals surface area contributed by atoms with E-state index >= 15 is 0 Å². The Balaban J connectivity index is 1.87. The van der Waals surface area contributed by atoms with Crippen LogP contribution in [0, 0.1) is 0 Å². The van der Waals surface area contributed by atoms with E-state index in [1.165, 1.54) is 0 Å². The van der Waals surface area contributed by atoms with Gasteiger partial charge in [0.1, 0.15) is 24.0 Å². The third-order valence-corrected chi connectivity index (χ3v) is 3.52. The van der Waals surface area contributed by atoms with Gasteiger partial charge in [-0.25, -0.2) is 4.98 Å². The summed E-state index contributed by atoms with van der Waals surface area (Å²) in [5, 5.41) is 11.0. The standard InChI is InChI=1S/C13H12N2O2S/c16-9-11-4-3-10(17-11)8-15-6-5-14-13(15)12-2-1-7-18-12/h1-7,16H,8-9H2. The Hall–Kier alpha value is -1.85. The van der Waals surface area contributed by atoms with Gasteiger partial charge in [-0.2, -0.15) is 0 Å². The van der Waals surface area contributed by atoms with Crippen molar-refractivity contribution in [3.63, 3.8) is 0 Å². The second-order valence-electron chi connectivity index (χ2n) is 3.88. The maximum atomic E-state index is 8.97. The van der Waals surface area contributed by atoms with Gasteiger partial charge in [0.15, 0.2) is 0 Å². The van der Waals surface area contributed by atoms with Crippen molar-refractivity contribution in [2.75, 3.05) is 0 Å². The Morgan fingerprint density at radius 2 is 2.17 bits per heavy atom. The molecule has 1 N–H and O–H groups in total. The number of rotatable bonds is 4. The average molecular weight is 260 g/mol. The Kier molecular flexibility index (Phi) is 3.00. The van der Waals surface area contributed by atoms with Gasteiger partial charge in [0.05, 0.1) is 11.4 Å². The predicted molar refractivity (Wildman–Crippen MR) is 69.3 cm³/mol. The highest BCUT2D eigenvalue weighted by Crippen LogP contribution is 2.23. The lowest BCUT2D eigenvalue weighted by Crippen LogP contribution is -1.99. The van der Waals surface area contributed by atoms with Crippen LogP contribution in [0.3, 0.4) is 0 Å². The number of aliphatic hydroxyl groups excluding tert-OH is 1. The number of aliphatic hydroxyl groups is 1. The average Bonchev–Trinajstić information content (AvgIpc) is 3.09. The minimum Gasteiger partial charge on any atom is -0.462 e. The Bertz CT molecular complexity index is 625. The minimum atomic E-state index is -0.0677. The van der Waals surface area contributed by atoms with Gasteiger partial charge < -0.3 is 14.1 Å². The lowest BCUT2D eigenvalue weighted by atomic mass is 10.4. The van der Waals surface area contributed by atoms with E-state index in [1.54, 1.807) is 23.6 Å². The van der Waals surface area contributed by atoms with Gasteiger partial charge in [0.2, 0.25) is 0 Å². The molecule has 0 bridgehead atoms. The van der Waals surface area contributed by atoms with Gasteiger partial charge in [-0.3, -0.25) is 0 Å². The lowest BCUT2D eigenvalue weighted by molar-refractivity contribution is 0.243. The second-order valence-corrected chi connectivity index (χ2v) is 4.83. The lowest BCUT2D eigenvalue weighted by Gasteiger charge is -2.04. The highest BCUT2D eigenvalue weighted by molar-refractivity contribution is 7.13. The first-order valence-corrected chi connectivity index (χ1v) is 6.48. The molecule has 92 valence electrons. The zero-order valence-electron chi connectivity index (χ0n) is 9.61. The summed E-state index contributed by atoms with van der Waals surface area (Å²) in [6, 6.07) is 7.72. The van der Waals surface area contributed by atoms with Crippen molar-refractivity contribution in [1.29, 1.82) is 0 Å². The van der Waals surface area contributed by atoms with Crippen molar-refractivity contribution in [2.45, 2.75) is 13.2 Å². The molecule has 3 aromatic heterocycles. The number of imidazole rings is 1. The van der Waals surface area contributed by atoms with Crippen molar-refractivity contribution in [2.24, 2.45) is 0 Å². The van der Waals surface area contributed by atoms with Gasteiger partial charge in [-0.1, -0.05) is 6.07 Å².